The first-order chi connectivity index (χ1) is 14.5. The molecule has 3 rings (SSSR count). The zero-order valence-corrected chi connectivity index (χ0v) is 18.3. The van der Waals surface area contributed by atoms with E-state index in [4.69, 9.17) is 23.2 Å². The lowest BCUT2D eigenvalue weighted by Crippen LogP contribution is -2.45. The molecule has 3 aromatic rings. The van der Waals surface area contributed by atoms with Gasteiger partial charge in [-0.05, 0) is 24.1 Å². The van der Waals surface area contributed by atoms with Gasteiger partial charge >= 0.3 is 0 Å². The Kier molecular flexibility index (Phi) is 8.19. The molecule has 1 aromatic heterocycles. The Morgan fingerprint density at radius 2 is 1.77 bits per heavy atom. The molecule has 9 heteroatoms. The summed E-state index contributed by atoms with van der Waals surface area (Å²) in [6.07, 6.45) is 1.18. The Hall–Kier alpha value is -2.48. The normalized spacial score (nSPS) is 11.7. The SMILES string of the molecule is O=C(CCCCl)NC(Cc1ccccc1)C(=O)Nc1nnc(-c2ccc(Cl)cc2)s1. The molecule has 2 aromatic carbocycles. The zero-order valence-electron chi connectivity index (χ0n) is 16.0. The van der Waals surface area contributed by atoms with Crippen molar-refractivity contribution in [2.75, 3.05) is 11.2 Å². The topological polar surface area (TPSA) is 84.0 Å². The Labute approximate surface area is 188 Å². The Morgan fingerprint density at radius 1 is 1.03 bits per heavy atom. The van der Waals surface area contributed by atoms with Gasteiger partial charge in [-0.1, -0.05) is 65.4 Å². The molecule has 156 valence electrons. The number of rotatable bonds is 9. The van der Waals surface area contributed by atoms with Crippen LogP contribution >= 0.6 is 34.5 Å². The molecule has 0 radical (unpaired) electrons. The van der Waals surface area contributed by atoms with Gasteiger partial charge in [-0.2, -0.15) is 0 Å². The summed E-state index contributed by atoms with van der Waals surface area (Å²) in [5.41, 5.74) is 1.79. The molecule has 1 atom stereocenters. The van der Waals surface area contributed by atoms with Gasteiger partial charge in [0.1, 0.15) is 11.0 Å². The number of benzene rings is 2. The molecule has 0 saturated heterocycles. The number of alkyl halides is 1. The molecule has 2 N–H and O–H groups in total. The van der Waals surface area contributed by atoms with Gasteiger partial charge in [0.2, 0.25) is 16.9 Å². The lowest BCUT2D eigenvalue weighted by molar-refractivity contribution is -0.126. The molecule has 0 spiro atoms. The van der Waals surface area contributed by atoms with Crippen LogP contribution in [-0.4, -0.2) is 33.9 Å². The summed E-state index contributed by atoms with van der Waals surface area (Å²) in [4.78, 5) is 25.1. The van der Waals surface area contributed by atoms with Crippen molar-refractivity contribution in [3.05, 3.63) is 65.2 Å². The molecule has 2 amide bonds. The molecule has 0 saturated carbocycles. The van der Waals surface area contributed by atoms with E-state index in [1.165, 1.54) is 11.3 Å². The summed E-state index contributed by atoms with van der Waals surface area (Å²) >= 11 is 12.8. The van der Waals surface area contributed by atoms with Crippen LogP contribution in [0.2, 0.25) is 5.02 Å². The smallest absolute Gasteiger partial charge is 0.249 e. The number of nitrogens with one attached hydrogen (secondary N) is 2. The number of hydrogen-bond donors (Lipinski definition) is 2. The molecule has 0 aliphatic heterocycles. The quantitative estimate of drug-likeness (QED) is 0.457. The highest BCUT2D eigenvalue weighted by molar-refractivity contribution is 7.18. The number of anilines is 1. The summed E-state index contributed by atoms with van der Waals surface area (Å²) in [6, 6.07) is 16.0. The summed E-state index contributed by atoms with van der Waals surface area (Å²) in [6.45, 7) is 0. The maximum absolute atomic E-state index is 12.9. The van der Waals surface area contributed by atoms with Gasteiger partial charge in [0.15, 0.2) is 0 Å². The number of hydrogen-bond acceptors (Lipinski definition) is 5. The van der Waals surface area contributed by atoms with Crippen LogP contribution in [0.1, 0.15) is 18.4 Å². The minimum Gasteiger partial charge on any atom is -0.344 e. The predicted octanol–water partition coefficient (Wildman–Crippen LogP) is 4.54. The van der Waals surface area contributed by atoms with Crippen molar-refractivity contribution in [1.29, 1.82) is 0 Å². The van der Waals surface area contributed by atoms with Crippen LogP contribution in [0.3, 0.4) is 0 Å². The maximum atomic E-state index is 12.9. The molecule has 0 aliphatic rings. The maximum Gasteiger partial charge on any atom is 0.249 e. The number of nitrogens with zero attached hydrogens (tertiary/aromatic N) is 2. The second-order valence-corrected chi connectivity index (χ2v) is 8.30. The van der Waals surface area contributed by atoms with Crippen molar-refractivity contribution in [3.8, 4) is 10.6 Å². The first-order valence-corrected chi connectivity index (χ1v) is 11.1. The van der Waals surface area contributed by atoms with Crippen LogP contribution in [0.25, 0.3) is 10.6 Å². The van der Waals surface area contributed by atoms with Crippen molar-refractivity contribution in [3.63, 3.8) is 0 Å². The third-order valence-corrected chi connectivity index (χ3v) is 5.63. The first kappa shape index (κ1) is 22.2. The van der Waals surface area contributed by atoms with Crippen LogP contribution < -0.4 is 10.6 Å². The van der Waals surface area contributed by atoms with Crippen molar-refractivity contribution >= 4 is 51.5 Å². The summed E-state index contributed by atoms with van der Waals surface area (Å²) in [5, 5.41) is 15.4. The fraction of sp³-hybridized carbons (Fsp3) is 0.238. The molecule has 1 heterocycles. The predicted molar refractivity (Wildman–Crippen MR) is 121 cm³/mol. The molecular formula is C21H20Cl2N4O2S. The number of carbonyl (C=O) groups excluding carboxylic acids is 2. The van der Waals surface area contributed by atoms with E-state index in [2.05, 4.69) is 20.8 Å². The summed E-state index contributed by atoms with van der Waals surface area (Å²) in [7, 11) is 0. The van der Waals surface area contributed by atoms with Gasteiger partial charge in [-0.3, -0.25) is 14.9 Å². The minimum atomic E-state index is -0.738. The van der Waals surface area contributed by atoms with Gasteiger partial charge in [0.25, 0.3) is 0 Å². The first-order valence-electron chi connectivity index (χ1n) is 9.34. The van der Waals surface area contributed by atoms with Crippen molar-refractivity contribution in [1.82, 2.24) is 15.5 Å². The van der Waals surface area contributed by atoms with Crippen LogP contribution in [0, 0.1) is 0 Å². The highest BCUT2D eigenvalue weighted by Crippen LogP contribution is 2.27. The fourth-order valence-corrected chi connectivity index (χ4v) is 3.74. The molecule has 0 bridgehead atoms. The van der Waals surface area contributed by atoms with E-state index >= 15 is 0 Å². The average Bonchev–Trinajstić information content (AvgIpc) is 3.21. The number of amides is 2. The van der Waals surface area contributed by atoms with Gasteiger partial charge in [0.05, 0.1) is 0 Å². The van der Waals surface area contributed by atoms with E-state index in [0.29, 0.717) is 33.9 Å². The largest absolute Gasteiger partial charge is 0.344 e. The second-order valence-electron chi connectivity index (χ2n) is 6.51. The van der Waals surface area contributed by atoms with Gasteiger partial charge in [0, 0.05) is 29.3 Å². The lowest BCUT2D eigenvalue weighted by Gasteiger charge is -2.17. The third kappa shape index (κ3) is 6.52. The van der Waals surface area contributed by atoms with Gasteiger partial charge in [-0.15, -0.1) is 21.8 Å². The molecular weight excluding hydrogens is 443 g/mol. The van der Waals surface area contributed by atoms with E-state index in [1.54, 1.807) is 12.1 Å². The van der Waals surface area contributed by atoms with Crippen molar-refractivity contribution in [2.24, 2.45) is 0 Å². The molecule has 6 nitrogen and oxygen atoms in total. The van der Waals surface area contributed by atoms with E-state index in [-0.39, 0.29) is 18.2 Å². The average molecular weight is 463 g/mol. The van der Waals surface area contributed by atoms with Crippen molar-refractivity contribution in [2.45, 2.75) is 25.3 Å². The van der Waals surface area contributed by atoms with Crippen LogP contribution in [0.15, 0.2) is 54.6 Å². The molecule has 0 fully saturated rings. The number of halogens is 2. The molecule has 1 unspecified atom stereocenters. The van der Waals surface area contributed by atoms with Crippen LogP contribution in [0.5, 0.6) is 0 Å². The fourth-order valence-electron chi connectivity index (χ4n) is 2.73. The second kappa shape index (κ2) is 11.1. The highest BCUT2D eigenvalue weighted by atomic mass is 35.5. The zero-order chi connectivity index (χ0) is 21.3. The van der Waals surface area contributed by atoms with Crippen molar-refractivity contribution < 1.29 is 9.59 Å². The highest BCUT2D eigenvalue weighted by Gasteiger charge is 2.22. The minimum absolute atomic E-state index is 0.217. The number of aromatic nitrogens is 2. The number of carbonyl (C=O) groups is 2. The van der Waals surface area contributed by atoms with E-state index in [1.807, 2.05) is 42.5 Å². The van der Waals surface area contributed by atoms with Gasteiger partial charge < -0.3 is 5.32 Å². The third-order valence-electron chi connectivity index (χ3n) is 4.22. The van der Waals surface area contributed by atoms with E-state index in [9.17, 15) is 9.59 Å². The van der Waals surface area contributed by atoms with E-state index < -0.39 is 6.04 Å². The standard InChI is InChI=1S/C21H20Cl2N4O2S/c22-12-4-7-18(28)24-17(13-14-5-2-1-3-6-14)19(29)25-21-27-26-20(30-21)15-8-10-16(23)11-9-15/h1-3,5-6,8-11,17H,4,7,12-13H2,(H,24,28)(H,25,27,29). The molecule has 0 aliphatic carbocycles. The Morgan fingerprint density at radius 3 is 2.47 bits per heavy atom. The van der Waals surface area contributed by atoms with Gasteiger partial charge in [-0.25, -0.2) is 0 Å². The Bertz CT molecular complexity index is 980. The molecule has 30 heavy (non-hydrogen) atoms. The van der Waals surface area contributed by atoms with Crippen LogP contribution in [-0.2, 0) is 16.0 Å². The summed E-state index contributed by atoms with van der Waals surface area (Å²) in [5.74, 6) is -0.177. The Balaban J connectivity index is 1.70. The van der Waals surface area contributed by atoms with E-state index in [0.717, 1.165) is 11.1 Å². The summed E-state index contributed by atoms with van der Waals surface area (Å²) < 4.78 is 0. The lowest BCUT2D eigenvalue weighted by atomic mass is 10.1. The monoisotopic (exact) mass is 462 g/mol. The van der Waals surface area contributed by atoms with Crippen LogP contribution in [0.4, 0.5) is 5.13 Å².